The third kappa shape index (κ3) is 3.95. The van der Waals surface area contributed by atoms with Crippen LogP contribution in [0.4, 0.5) is 19.0 Å². The predicted molar refractivity (Wildman–Crippen MR) is 106 cm³/mol. The van der Waals surface area contributed by atoms with E-state index in [1.807, 2.05) is 11.8 Å². The number of piperazine rings is 1. The van der Waals surface area contributed by atoms with Crippen LogP contribution in [0.25, 0.3) is 22.4 Å². The third-order valence-electron chi connectivity index (χ3n) is 4.92. The van der Waals surface area contributed by atoms with Gasteiger partial charge in [0, 0.05) is 37.3 Å². The molecule has 0 aliphatic carbocycles. The zero-order valence-electron chi connectivity index (χ0n) is 15.9. The number of hydrogen-bond acceptors (Lipinski definition) is 5. The van der Waals surface area contributed by atoms with Crippen molar-refractivity contribution in [1.82, 2.24) is 25.5 Å². The van der Waals surface area contributed by atoms with Crippen molar-refractivity contribution in [2.24, 2.45) is 0 Å². The molecule has 0 radical (unpaired) electrons. The zero-order valence-corrected chi connectivity index (χ0v) is 15.9. The fraction of sp³-hybridized carbons (Fsp3) is 0.350. The number of aromatic nitrogens is 4. The predicted octanol–water partition coefficient (Wildman–Crippen LogP) is 3.78. The highest BCUT2D eigenvalue weighted by Gasteiger charge is 2.36. The lowest BCUT2D eigenvalue weighted by molar-refractivity contribution is -0.137. The Balaban J connectivity index is 1.76. The standard InChI is InChI=1S/C20H21F3N6/c1-12(2)10-13-11-29(9-8-24-13)16-6-5-15(20(21,22)23)18(26-16)17-14-4-3-7-25-19(14)28-27-17/h3-7,13,24H,1,8-11H2,2H3,(H,25,27,28). The Morgan fingerprint density at radius 2 is 2.10 bits per heavy atom. The number of alkyl halides is 3. The van der Waals surface area contributed by atoms with Gasteiger partial charge in [0.2, 0.25) is 0 Å². The van der Waals surface area contributed by atoms with Crippen molar-refractivity contribution in [3.05, 3.63) is 48.2 Å². The van der Waals surface area contributed by atoms with E-state index >= 15 is 0 Å². The topological polar surface area (TPSA) is 69.7 Å². The summed E-state index contributed by atoms with van der Waals surface area (Å²) in [4.78, 5) is 10.5. The summed E-state index contributed by atoms with van der Waals surface area (Å²) in [5.74, 6) is 0.501. The maximum Gasteiger partial charge on any atom is 0.418 e. The van der Waals surface area contributed by atoms with E-state index in [2.05, 4.69) is 32.1 Å². The summed E-state index contributed by atoms with van der Waals surface area (Å²) in [7, 11) is 0. The van der Waals surface area contributed by atoms with E-state index in [9.17, 15) is 13.2 Å². The summed E-state index contributed by atoms with van der Waals surface area (Å²) < 4.78 is 41.1. The molecule has 0 aromatic carbocycles. The van der Waals surface area contributed by atoms with E-state index in [4.69, 9.17) is 0 Å². The minimum Gasteiger partial charge on any atom is -0.354 e. The molecule has 4 heterocycles. The summed E-state index contributed by atoms with van der Waals surface area (Å²) >= 11 is 0. The molecule has 9 heteroatoms. The Hall–Kier alpha value is -2.94. The molecule has 3 aromatic heterocycles. The SMILES string of the molecule is C=C(C)CC1CN(c2ccc(C(F)(F)F)c(-c3n[nH]c4ncccc34)n2)CCN1. The lowest BCUT2D eigenvalue weighted by Crippen LogP contribution is -2.51. The van der Waals surface area contributed by atoms with Crippen LogP contribution in [0, 0.1) is 0 Å². The summed E-state index contributed by atoms with van der Waals surface area (Å²) in [5, 5.41) is 10.7. The zero-order chi connectivity index (χ0) is 20.6. The number of anilines is 1. The van der Waals surface area contributed by atoms with Gasteiger partial charge in [-0.25, -0.2) is 9.97 Å². The second kappa shape index (κ2) is 7.47. The molecule has 29 heavy (non-hydrogen) atoms. The Morgan fingerprint density at radius 3 is 2.86 bits per heavy atom. The van der Waals surface area contributed by atoms with Gasteiger partial charge in [0.25, 0.3) is 0 Å². The first-order chi connectivity index (χ1) is 13.8. The molecule has 1 fully saturated rings. The number of fused-ring (bicyclic) bond motifs is 1. The van der Waals surface area contributed by atoms with Crippen LogP contribution in [0.5, 0.6) is 0 Å². The molecule has 1 saturated heterocycles. The number of nitrogens with one attached hydrogen (secondary N) is 2. The number of halogens is 3. The van der Waals surface area contributed by atoms with Crippen molar-refractivity contribution in [3.8, 4) is 11.4 Å². The molecule has 0 spiro atoms. The van der Waals surface area contributed by atoms with E-state index in [0.29, 0.717) is 29.9 Å². The summed E-state index contributed by atoms with van der Waals surface area (Å²) in [6.07, 6.45) is -2.18. The molecular formula is C20H21F3N6. The lowest BCUT2D eigenvalue weighted by atomic mass is 10.1. The van der Waals surface area contributed by atoms with Gasteiger partial charge in [-0.3, -0.25) is 5.10 Å². The van der Waals surface area contributed by atoms with Crippen LogP contribution in [-0.2, 0) is 6.18 Å². The van der Waals surface area contributed by atoms with Crippen LogP contribution >= 0.6 is 0 Å². The molecule has 4 rings (SSSR count). The van der Waals surface area contributed by atoms with Gasteiger partial charge in [-0.1, -0.05) is 5.57 Å². The number of pyridine rings is 2. The molecule has 6 nitrogen and oxygen atoms in total. The smallest absolute Gasteiger partial charge is 0.354 e. The number of aromatic amines is 1. The highest BCUT2D eigenvalue weighted by molar-refractivity contribution is 5.90. The van der Waals surface area contributed by atoms with Crippen LogP contribution in [0.15, 0.2) is 42.6 Å². The van der Waals surface area contributed by atoms with Crippen LogP contribution in [-0.4, -0.2) is 45.8 Å². The molecule has 1 aliphatic rings. The van der Waals surface area contributed by atoms with E-state index in [1.54, 1.807) is 18.3 Å². The molecule has 3 aromatic rings. The van der Waals surface area contributed by atoms with Crippen molar-refractivity contribution in [2.75, 3.05) is 24.5 Å². The first kappa shape index (κ1) is 19.4. The molecule has 1 aliphatic heterocycles. The average Bonchev–Trinajstić information content (AvgIpc) is 3.10. The fourth-order valence-electron chi connectivity index (χ4n) is 3.66. The molecule has 0 amide bonds. The molecule has 0 saturated carbocycles. The van der Waals surface area contributed by atoms with E-state index in [0.717, 1.165) is 24.6 Å². The monoisotopic (exact) mass is 402 g/mol. The maximum absolute atomic E-state index is 13.7. The second-order valence-corrected chi connectivity index (χ2v) is 7.29. The fourth-order valence-corrected chi connectivity index (χ4v) is 3.66. The van der Waals surface area contributed by atoms with Gasteiger partial charge in [0.15, 0.2) is 5.65 Å². The van der Waals surface area contributed by atoms with Gasteiger partial charge in [0.1, 0.15) is 17.2 Å². The first-order valence-corrected chi connectivity index (χ1v) is 9.33. The quantitative estimate of drug-likeness (QED) is 0.650. The Bertz CT molecular complexity index is 1040. The second-order valence-electron chi connectivity index (χ2n) is 7.29. The number of hydrogen-bond donors (Lipinski definition) is 2. The molecule has 152 valence electrons. The third-order valence-corrected chi connectivity index (χ3v) is 4.92. The first-order valence-electron chi connectivity index (χ1n) is 9.33. The molecule has 0 bridgehead atoms. The van der Waals surface area contributed by atoms with Crippen molar-refractivity contribution < 1.29 is 13.2 Å². The van der Waals surface area contributed by atoms with Crippen molar-refractivity contribution in [2.45, 2.75) is 25.6 Å². The summed E-state index contributed by atoms with van der Waals surface area (Å²) in [6.45, 7) is 7.94. The van der Waals surface area contributed by atoms with Gasteiger partial charge in [-0.05, 0) is 37.6 Å². The van der Waals surface area contributed by atoms with Gasteiger partial charge in [0.05, 0.1) is 5.56 Å². The summed E-state index contributed by atoms with van der Waals surface area (Å²) in [5.41, 5.74) is 0.625. The lowest BCUT2D eigenvalue weighted by Gasteiger charge is -2.35. The number of rotatable bonds is 4. The largest absolute Gasteiger partial charge is 0.418 e. The van der Waals surface area contributed by atoms with Crippen molar-refractivity contribution in [1.29, 1.82) is 0 Å². The van der Waals surface area contributed by atoms with Crippen molar-refractivity contribution >= 4 is 16.9 Å². The Morgan fingerprint density at radius 1 is 1.28 bits per heavy atom. The number of H-pyrrole nitrogens is 1. The molecular weight excluding hydrogens is 381 g/mol. The molecule has 1 atom stereocenters. The summed E-state index contributed by atoms with van der Waals surface area (Å²) in [6, 6.07) is 6.05. The minimum atomic E-state index is -4.54. The number of nitrogens with zero attached hydrogens (tertiary/aromatic N) is 4. The Kier molecular flexibility index (Phi) is 4.99. The highest BCUT2D eigenvalue weighted by Crippen LogP contribution is 2.38. The van der Waals surface area contributed by atoms with Gasteiger partial charge >= 0.3 is 6.18 Å². The van der Waals surface area contributed by atoms with Gasteiger partial charge < -0.3 is 10.2 Å². The van der Waals surface area contributed by atoms with Crippen LogP contribution in [0.2, 0.25) is 0 Å². The normalized spacial score (nSPS) is 17.7. The van der Waals surface area contributed by atoms with Crippen LogP contribution in [0.1, 0.15) is 18.9 Å². The highest BCUT2D eigenvalue weighted by atomic mass is 19.4. The van der Waals surface area contributed by atoms with Crippen LogP contribution < -0.4 is 10.2 Å². The molecule has 1 unspecified atom stereocenters. The van der Waals surface area contributed by atoms with E-state index in [1.165, 1.54) is 6.07 Å². The maximum atomic E-state index is 13.7. The Labute approximate surface area is 165 Å². The van der Waals surface area contributed by atoms with Gasteiger partial charge in [-0.2, -0.15) is 18.3 Å². The minimum absolute atomic E-state index is 0.149. The van der Waals surface area contributed by atoms with Crippen LogP contribution in [0.3, 0.4) is 0 Å². The van der Waals surface area contributed by atoms with Crippen molar-refractivity contribution in [3.63, 3.8) is 0 Å². The molecule has 2 N–H and O–H groups in total. The van der Waals surface area contributed by atoms with E-state index < -0.39 is 11.7 Å². The van der Waals surface area contributed by atoms with E-state index in [-0.39, 0.29) is 17.4 Å². The average molecular weight is 402 g/mol. The van der Waals surface area contributed by atoms with Gasteiger partial charge in [-0.15, -0.1) is 6.58 Å².